The molecule has 2 heterocycles. The molecule has 3 atom stereocenters. The Morgan fingerprint density at radius 2 is 1.57 bits per heavy atom. The summed E-state index contributed by atoms with van der Waals surface area (Å²) in [6, 6.07) is 19.4. The number of ether oxygens (including phenoxy) is 7. The van der Waals surface area contributed by atoms with Crippen LogP contribution in [0.1, 0.15) is 22.8 Å². The second kappa shape index (κ2) is 11.0. The minimum Gasteiger partial charge on any atom is -0.493 e. The van der Waals surface area contributed by atoms with E-state index in [0.29, 0.717) is 41.8 Å². The zero-order valence-electron chi connectivity index (χ0n) is 21.1. The summed E-state index contributed by atoms with van der Waals surface area (Å²) in [6.07, 6.45) is 0.00910. The van der Waals surface area contributed by atoms with Gasteiger partial charge in [-0.2, -0.15) is 0 Å². The highest BCUT2D eigenvalue weighted by Crippen LogP contribution is 2.45. The van der Waals surface area contributed by atoms with Crippen molar-refractivity contribution in [3.05, 3.63) is 77.4 Å². The fourth-order valence-corrected chi connectivity index (χ4v) is 4.92. The Morgan fingerprint density at radius 1 is 0.838 bits per heavy atom. The first-order valence-electron chi connectivity index (χ1n) is 12.1. The molecule has 8 heteroatoms. The Hall–Kier alpha value is -3.91. The van der Waals surface area contributed by atoms with Crippen LogP contribution in [0, 0.1) is 11.8 Å². The minimum atomic E-state index is -0.473. The van der Waals surface area contributed by atoms with Gasteiger partial charge in [-0.15, -0.1) is 0 Å². The van der Waals surface area contributed by atoms with Crippen LogP contribution in [-0.4, -0.2) is 40.7 Å². The van der Waals surface area contributed by atoms with Gasteiger partial charge in [-0.3, -0.25) is 4.79 Å². The predicted octanol–water partition coefficient (Wildman–Crippen LogP) is 4.73. The minimum absolute atomic E-state index is 0.198. The van der Waals surface area contributed by atoms with Crippen molar-refractivity contribution in [2.24, 2.45) is 11.8 Å². The van der Waals surface area contributed by atoms with Gasteiger partial charge in [0.1, 0.15) is 0 Å². The molecule has 0 amide bonds. The summed E-state index contributed by atoms with van der Waals surface area (Å²) < 4.78 is 39.8. The highest BCUT2D eigenvalue weighted by atomic mass is 16.7. The first kappa shape index (κ1) is 24.8. The fraction of sp³-hybridized carbons (Fsp3) is 0.345. The number of hydrogen-bond donors (Lipinski definition) is 0. The summed E-state index contributed by atoms with van der Waals surface area (Å²) >= 11 is 0. The van der Waals surface area contributed by atoms with Gasteiger partial charge < -0.3 is 33.2 Å². The largest absolute Gasteiger partial charge is 0.493 e. The van der Waals surface area contributed by atoms with E-state index in [2.05, 4.69) is 0 Å². The summed E-state index contributed by atoms with van der Waals surface area (Å²) in [6.45, 7) is 0.803. The van der Waals surface area contributed by atoms with Gasteiger partial charge in [0.2, 0.25) is 12.5 Å². The fourth-order valence-electron chi connectivity index (χ4n) is 4.92. The van der Waals surface area contributed by atoms with Crippen LogP contribution in [0.5, 0.6) is 28.7 Å². The van der Waals surface area contributed by atoms with Crippen LogP contribution in [0.4, 0.5) is 0 Å². The summed E-state index contributed by atoms with van der Waals surface area (Å²) in [5, 5.41) is 0. The van der Waals surface area contributed by atoms with E-state index in [-0.39, 0.29) is 25.3 Å². The lowest BCUT2D eigenvalue weighted by molar-refractivity contribution is -0.141. The van der Waals surface area contributed by atoms with Crippen molar-refractivity contribution in [1.82, 2.24) is 0 Å². The Labute approximate surface area is 216 Å². The van der Waals surface area contributed by atoms with Gasteiger partial charge in [-0.1, -0.05) is 36.4 Å². The first-order chi connectivity index (χ1) is 18.1. The molecule has 1 unspecified atom stereocenters. The van der Waals surface area contributed by atoms with Gasteiger partial charge in [0.15, 0.2) is 23.0 Å². The number of rotatable bonds is 10. The molecule has 2 aliphatic rings. The summed E-state index contributed by atoms with van der Waals surface area (Å²) in [5.74, 6) is 2.00. The molecule has 8 nitrogen and oxygen atoms in total. The van der Waals surface area contributed by atoms with Crippen LogP contribution in [0.3, 0.4) is 0 Å². The second-order valence-electron chi connectivity index (χ2n) is 8.97. The quantitative estimate of drug-likeness (QED) is 0.365. The Morgan fingerprint density at radius 3 is 2.27 bits per heavy atom. The topological polar surface area (TPSA) is 81.7 Å². The van der Waals surface area contributed by atoms with E-state index >= 15 is 0 Å². The number of carbonyl (C=O) groups excluding carboxylic acids is 1. The third kappa shape index (κ3) is 5.15. The number of cyclic esters (lactones) is 1. The van der Waals surface area contributed by atoms with Crippen molar-refractivity contribution < 1.29 is 38.0 Å². The Balaban J connectivity index is 1.49. The summed E-state index contributed by atoms with van der Waals surface area (Å²) in [5.41, 5.74) is 2.80. The first-order valence-corrected chi connectivity index (χ1v) is 12.1. The number of carbonyl (C=O) groups is 1. The molecule has 1 saturated heterocycles. The van der Waals surface area contributed by atoms with Gasteiger partial charge in [0.25, 0.3) is 0 Å². The Bertz CT molecular complexity index is 1220. The predicted molar refractivity (Wildman–Crippen MR) is 134 cm³/mol. The molecule has 0 aliphatic carbocycles. The molecule has 37 heavy (non-hydrogen) atoms. The van der Waals surface area contributed by atoms with Crippen LogP contribution in [-0.2, 0) is 27.3 Å². The van der Waals surface area contributed by atoms with Crippen molar-refractivity contribution in [2.75, 3.05) is 34.7 Å². The van der Waals surface area contributed by atoms with Crippen LogP contribution < -0.4 is 23.7 Å². The van der Waals surface area contributed by atoms with Crippen molar-refractivity contribution in [3.8, 4) is 28.7 Å². The maximum absolute atomic E-state index is 13.0. The molecule has 3 aromatic carbocycles. The standard InChI is InChI=1S/C29H30O8/c1-31-25-13-20(14-26(32-2)28(25)33-3)27(34-15-18-7-5-4-6-8-18)22-16-35-29(30)21(22)11-19-9-10-23-24(12-19)37-17-36-23/h4-10,12-14,21-22,27H,11,15-17H2,1-3H3/t21-,22+,27?/m1/s1. The number of hydrogen-bond acceptors (Lipinski definition) is 8. The van der Waals surface area contributed by atoms with Gasteiger partial charge in [-0.05, 0) is 47.4 Å². The number of benzene rings is 3. The monoisotopic (exact) mass is 506 g/mol. The lowest BCUT2D eigenvalue weighted by atomic mass is 9.82. The van der Waals surface area contributed by atoms with E-state index in [4.69, 9.17) is 33.2 Å². The molecule has 0 aromatic heterocycles. The Kier molecular flexibility index (Phi) is 7.37. The highest BCUT2D eigenvalue weighted by Gasteiger charge is 2.43. The van der Waals surface area contributed by atoms with Crippen LogP contribution in [0.15, 0.2) is 60.7 Å². The maximum atomic E-state index is 13.0. The number of fused-ring (bicyclic) bond motifs is 1. The SMILES string of the molecule is COc1cc(C(OCc2ccccc2)[C@H]2COC(=O)[C@@H]2Cc2ccc3c(c2)OCO3)cc(OC)c1OC. The van der Waals surface area contributed by atoms with Crippen molar-refractivity contribution in [2.45, 2.75) is 19.1 Å². The second-order valence-corrected chi connectivity index (χ2v) is 8.97. The van der Waals surface area contributed by atoms with Crippen LogP contribution >= 0.6 is 0 Å². The molecule has 5 rings (SSSR count). The summed E-state index contributed by atoms with van der Waals surface area (Å²) in [7, 11) is 4.71. The average Bonchev–Trinajstić information content (AvgIpc) is 3.55. The molecule has 0 bridgehead atoms. The third-order valence-corrected chi connectivity index (χ3v) is 6.81. The average molecular weight is 507 g/mol. The smallest absolute Gasteiger partial charge is 0.309 e. The van der Waals surface area contributed by atoms with Gasteiger partial charge >= 0.3 is 5.97 Å². The van der Waals surface area contributed by atoms with E-state index in [1.807, 2.05) is 60.7 Å². The molecule has 0 radical (unpaired) electrons. The number of methoxy groups -OCH3 is 3. The molecule has 0 spiro atoms. The highest BCUT2D eigenvalue weighted by molar-refractivity contribution is 5.75. The molecular weight excluding hydrogens is 476 g/mol. The maximum Gasteiger partial charge on any atom is 0.309 e. The molecular formula is C29H30O8. The molecule has 2 aliphatic heterocycles. The van der Waals surface area contributed by atoms with E-state index < -0.39 is 12.0 Å². The van der Waals surface area contributed by atoms with Gasteiger partial charge in [-0.25, -0.2) is 0 Å². The zero-order valence-corrected chi connectivity index (χ0v) is 21.1. The van der Waals surface area contributed by atoms with Crippen LogP contribution in [0.25, 0.3) is 0 Å². The summed E-state index contributed by atoms with van der Waals surface area (Å²) in [4.78, 5) is 13.0. The van der Waals surface area contributed by atoms with E-state index in [1.165, 1.54) is 0 Å². The lowest BCUT2D eigenvalue weighted by Crippen LogP contribution is -2.26. The van der Waals surface area contributed by atoms with Crippen LogP contribution in [0.2, 0.25) is 0 Å². The molecule has 1 fully saturated rings. The van der Waals surface area contributed by atoms with Crippen molar-refractivity contribution >= 4 is 5.97 Å². The molecule has 0 saturated carbocycles. The van der Waals surface area contributed by atoms with Gasteiger partial charge in [0.05, 0.1) is 46.6 Å². The van der Waals surface area contributed by atoms with E-state index in [9.17, 15) is 4.79 Å². The molecule has 194 valence electrons. The van der Waals surface area contributed by atoms with E-state index in [0.717, 1.165) is 16.7 Å². The molecule has 3 aromatic rings. The molecule has 0 N–H and O–H groups in total. The van der Waals surface area contributed by atoms with Crippen molar-refractivity contribution in [3.63, 3.8) is 0 Å². The van der Waals surface area contributed by atoms with Crippen molar-refractivity contribution in [1.29, 1.82) is 0 Å². The third-order valence-electron chi connectivity index (χ3n) is 6.81. The van der Waals surface area contributed by atoms with Gasteiger partial charge in [0, 0.05) is 5.92 Å². The number of esters is 1. The zero-order chi connectivity index (χ0) is 25.8. The lowest BCUT2D eigenvalue weighted by Gasteiger charge is -2.28. The van der Waals surface area contributed by atoms with E-state index in [1.54, 1.807) is 21.3 Å². The normalized spacial score (nSPS) is 18.8.